The molecule has 0 fully saturated rings. The van der Waals surface area contributed by atoms with Gasteiger partial charge in [0.2, 0.25) is 0 Å². The number of alkyl halides is 1. The number of hydrogen-bond donors (Lipinski definition) is 1. The third-order valence-electron chi connectivity index (χ3n) is 1.73. The van der Waals surface area contributed by atoms with Gasteiger partial charge in [-0.1, -0.05) is 0 Å². The normalized spacial score (nSPS) is 13.2. The van der Waals surface area contributed by atoms with Crippen molar-refractivity contribution >= 4 is 29.0 Å². The fraction of sp³-hybridized carbons (Fsp3) is 0.545. The molecule has 5 heteroatoms. The first-order valence-corrected chi connectivity index (χ1v) is 6.39. The van der Waals surface area contributed by atoms with Crippen LogP contribution in [-0.2, 0) is 4.74 Å². The number of hydrogen-bond acceptors (Lipinski definition) is 3. The molecule has 0 aliphatic rings. The number of rotatable bonds is 3. The SMILES string of the molecule is CC(C)(C)OC(=O)NCC(Cl)c1ccsc1. The molecule has 0 saturated heterocycles. The number of thiophene rings is 1. The van der Waals surface area contributed by atoms with Crippen LogP contribution in [0.3, 0.4) is 0 Å². The molecule has 1 aromatic rings. The van der Waals surface area contributed by atoms with Crippen LogP contribution in [0.5, 0.6) is 0 Å². The lowest BCUT2D eigenvalue weighted by atomic mass is 10.2. The van der Waals surface area contributed by atoms with Gasteiger partial charge >= 0.3 is 6.09 Å². The highest BCUT2D eigenvalue weighted by atomic mass is 35.5. The number of halogens is 1. The predicted octanol–water partition coefficient (Wildman–Crippen LogP) is 3.55. The smallest absolute Gasteiger partial charge is 0.407 e. The Hall–Kier alpha value is -0.740. The zero-order valence-electron chi connectivity index (χ0n) is 9.62. The van der Waals surface area contributed by atoms with Gasteiger partial charge in [0.15, 0.2) is 0 Å². The van der Waals surface area contributed by atoms with E-state index in [4.69, 9.17) is 16.3 Å². The van der Waals surface area contributed by atoms with Gasteiger partial charge in [0, 0.05) is 6.54 Å². The van der Waals surface area contributed by atoms with Gasteiger partial charge in [0.25, 0.3) is 0 Å². The topological polar surface area (TPSA) is 38.3 Å². The van der Waals surface area contributed by atoms with Crippen molar-refractivity contribution in [3.05, 3.63) is 22.4 Å². The van der Waals surface area contributed by atoms with Crippen molar-refractivity contribution in [1.82, 2.24) is 5.32 Å². The van der Waals surface area contributed by atoms with Crippen LogP contribution in [0.25, 0.3) is 0 Å². The molecule has 0 spiro atoms. The Morgan fingerprint density at radius 1 is 1.62 bits per heavy atom. The summed E-state index contributed by atoms with van der Waals surface area (Å²) in [5.41, 5.74) is 0.539. The van der Waals surface area contributed by atoms with E-state index >= 15 is 0 Å². The number of carbonyl (C=O) groups is 1. The maximum Gasteiger partial charge on any atom is 0.407 e. The molecule has 3 nitrogen and oxygen atoms in total. The summed E-state index contributed by atoms with van der Waals surface area (Å²) in [7, 11) is 0. The van der Waals surface area contributed by atoms with Crippen molar-refractivity contribution in [2.45, 2.75) is 31.7 Å². The Morgan fingerprint density at radius 2 is 2.31 bits per heavy atom. The first-order valence-electron chi connectivity index (χ1n) is 5.01. The van der Waals surface area contributed by atoms with E-state index < -0.39 is 11.7 Å². The van der Waals surface area contributed by atoms with Gasteiger partial charge in [-0.15, -0.1) is 11.6 Å². The molecule has 16 heavy (non-hydrogen) atoms. The number of alkyl carbamates (subject to hydrolysis) is 1. The van der Waals surface area contributed by atoms with Crippen molar-refractivity contribution in [3.8, 4) is 0 Å². The van der Waals surface area contributed by atoms with Crippen molar-refractivity contribution < 1.29 is 9.53 Å². The van der Waals surface area contributed by atoms with E-state index in [0.29, 0.717) is 6.54 Å². The molecule has 1 amide bonds. The lowest BCUT2D eigenvalue weighted by Gasteiger charge is -2.20. The Labute approximate surface area is 105 Å². The molecule has 0 aliphatic carbocycles. The molecule has 1 atom stereocenters. The first-order chi connectivity index (χ1) is 7.38. The highest BCUT2D eigenvalue weighted by Gasteiger charge is 2.17. The Kier molecular flexibility index (Phi) is 4.62. The van der Waals surface area contributed by atoms with E-state index in [9.17, 15) is 4.79 Å². The van der Waals surface area contributed by atoms with Gasteiger partial charge in [-0.2, -0.15) is 11.3 Å². The lowest BCUT2D eigenvalue weighted by molar-refractivity contribution is 0.0528. The fourth-order valence-electron chi connectivity index (χ4n) is 1.06. The van der Waals surface area contributed by atoms with E-state index in [1.807, 2.05) is 37.6 Å². The van der Waals surface area contributed by atoms with Crippen LogP contribution in [0.2, 0.25) is 0 Å². The second kappa shape index (κ2) is 5.55. The maximum absolute atomic E-state index is 11.3. The van der Waals surface area contributed by atoms with Crippen molar-refractivity contribution in [2.75, 3.05) is 6.54 Å². The summed E-state index contributed by atoms with van der Waals surface area (Å²) < 4.78 is 5.10. The van der Waals surface area contributed by atoms with Crippen molar-refractivity contribution in [3.63, 3.8) is 0 Å². The molecule has 90 valence electrons. The average molecular weight is 262 g/mol. The van der Waals surface area contributed by atoms with E-state index in [1.165, 1.54) is 0 Å². The van der Waals surface area contributed by atoms with Crippen LogP contribution in [0, 0.1) is 0 Å². The maximum atomic E-state index is 11.3. The third-order valence-corrected chi connectivity index (χ3v) is 2.84. The van der Waals surface area contributed by atoms with Crippen molar-refractivity contribution in [2.24, 2.45) is 0 Å². The molecule has 0 aromatic carbocycles. The van der Waals surface area contributed by atoms with Crippen LogP contribution >= 0.6 is 22.9 Å². The Bertz CT molecular complexity index is 332. The third kappa shape index (κ3) is 4.86. The number of ether oxygens (including phenoxy) is 1. The molecule has 0 radical (unpaired) electrons. The highest BCUT2D eigenvalue weighted by Crippen LogP contribution is 2.21. The van der Waals surface area contributed by atoms with Crippen LogP contribution in [0.15, 0.2) is 16.8 Å². The van der Waals surface area contributed by atoms with E-state index in [1.54, 1.807) is 11.3 Å². The molecular weight excluding hydrogens is 246 g/mol. The van der Waals surface area contributed by atoms with E-state index in [0.717, 1.165) is 5.56 Å². The lowest BCUT2D eigenvalue weighted by Crippen LogP contribution is -2.34. The molecule has 1 heterocycles. The summed E-state index contributed by atoms with van der Waals surface area (Å²) in [6, 6.07) is 1.94. The molecule has 1 aromatic heterocycles. The van der Waals surface area contributed by atoms with E-state index in [-0.39, 0.29) is 5.38 Å². The van der Waals surface area contributed by atoms with Crippen LogP contribution < -0.4 is 5.32 Å². The van der Waals surface area contributed by atoms with Crippen LogP contribution in [0.1, 0.15) is 31.7 Å². The largest absolute Gasteiger partial charge is 0.444 e. The second-order valence-electron chi connectivity index (χ2n) is 4.41. The molecule has 0 saturated carbocycles. The molecule has 0 aliphatic heterocycles. The zero-order chi connectivity index (χ0) is 12.2. The van der Waals surface area contributed by atoms with Crippen molar-refractivity contribution in [1.29, 1.82) is 0 Å². The quantitative estimate of drug-likeness (QED) is 0.845. The Morgan fingerprint density at radius 3 is 2.81 bits per heavy atom. The first kappa shape index (κ1) is 13.3. The van der Waals surface area contributed by atoms with Gasteiger partial charge in [0.05, 0.1) is 5.38 Å². The summed E-state index contributed by atoms with van der Waals surface area (Å²) in [6.45, 7) is 5.84. The fourth-order valence-corrected chi connectivity index (χ4v) is 2.06. The minimum atomic E-state index is -0.478. The summed E-state index contributed by atoms with van der Waals surface area (Å²) in [4.78, 5) is 11.3. The molecule has 0 bridgehead atoms. The molecule has 1 unspecified atom stereocenters. The summed E-state index contributed by atoms with van der Waals surface area (Å²) >= 11 is 7.68. The number of carbonyl (C=O) groups excluding carboxylic acids is 1. The average Bonchev–Trinajstić information content (AvgIpc) is 2.64. The summed E-state index contributed by atoms with van der Waals surface area (Å²) in [5, 5.41) is 6.35. The summed E-state index contributed by atoms with van der Waals surface area (Å²) in [5.74, 6) is 0. The minimum absolute atomic E-state index is 0.209. The second-order valence-corrected chi connectivity index (χ2v) is 5.71. The van der Waals surface area contributed by atoms with Gasteiger partial charge in [-0.3, -0.25) is 0 Å². The van der Waals surface area contributed by atoms with Gasteiger partial charge < -0.3 is 10.1 Å². The van der Waals surface area contributed by atoms with E-state index in [2.05, 4.69) is 5.32 Å². The monoisotopic (exact) mass is 261 g/mol. The minimum Gasteiger partial charge on any atom is -0.444 e. The molecule has 1 rings (SSSR count). The highest BCUT2D eigenvalue weighted by molar-refractivity contribution is 7.08. The van der Waals surface area contributed by atoms with Gasteiger partial charge in [0.1, 0.15) is 5.60 Å². The Balaban J connectivity index is 2.32. The molecular formula is C11H16ClNO2S. The summed E-state index contributed by atoms with van der Waals surface area (Å²) in [6.07, 6.45) is -0.437. The number of amides is 1. The van der Waals surface area contributed by atoms with Gasteiger partial charge in [-0.05, 0) is 43.2 Å². The number of nitrogens with one attached hydrogen (secondary N) is 1. The zero-order valence-corrected chi connectivity index (χ0v) is 11.2. The predicted molar refractivity (Wildman–Crippen MR) is 67.1 cm³/mol. The molecule has 1 N–H and O–H groups in total. The standard InChI is InChI=1S/C11H16ClNO2S/c1-11(2,3)15-10(14)13-6-9(12)8-4-5-16-7-8/h4-5,7,9H,6H2,1-3H3,(H,13,14). The van der Waals surface area contributed by atoms with Crippen LogP contribution in [0.4, 0.5) is 4.79 Å². The van der Waals surface area contributed by atoms with Gasteiger partial charge in [-0.25, -0.2) is 4.79 Å². The van der Waals surface area contributed by atoms with Crippen LogP contribution in [-0.4, -0.2) is 18.2 Å².